The van der Waals surface area contributed by atoms with Crippen LogP contribution in [0.15, 0.2) is 48.5 Å². The molecule has 0 saturated carbocycles. The molecule has 7 nitrogen and oxygen atoms in total. The monoisotopic (exact) mass is 459 g/mol. The van der Waals surface area contributed by atoms with Gasteiger partial charge in [-0.1, -0.05) is 42.5 Å². The third kappa shape index (κ3) is 6.65. The van der Waals surface area contributed by atoms with E-state index in [4.69, 9.17) is 0 Å². The van der Waals surface area contributed by atoms with Gasteiger partial charge in [0.05, 0.1) is 13.0 Å². The highest BCUT2D eigenvalue weighted by Crippen LogP contribution is 2.35. The molecule has 4 N–H and O–H groups in total. The lowest BCUT2D eigenvalue weighted by atomic mass is 9.98. The summed E-state index contributed by atoms with van der Waals surface area (Å²) in [5.41, 5.74) is 8.76. The minimum Gasteiger partial charge on any atom is -0.439 e. The van der Waals surface area contributed by atoms with Gasteiger partial charge >= 0.3 is 18.2 Å². The fraction of sp³-hybridized carbons (Fsp3) is 0.250. The Bertz CT molecular complexity index is 946. The molecule has 2 aromatic rings. The Balaban J connectivity index is 0.000000227. The smallest absolute Gasteiger partial charge is 0.439 e. The van der Waals surface area contributed by atoms with E-state index in [1.807, 2.05) is 42.5 Å². The molecule has 0 spiro atoms. The molecule has 1 aliphatic heterocycles. The van der Waals surface area contributed by atoms with Crippen LogP contribution in [-0.2, 0) is 20.7 Å². The number of carbonyl (C=O) groups is 3. The summed E-state index contributed by atoms with van der Waals surface area (Å²) in [7, 11) is 0. The number of nitrogens with one attached hydrogen (secondary N) is 2. The Morgan fingerprint density at radius 3 is 2.22 bits per heavy atom. The Labute approximate surface area is 178 Å². The summed E-state index contributed by atoms with van der Waals surface area (Å²) >= 11 is 0. The number of hydrogen-bond acceptors (Lipinski definition) is 4. The van der Waals surface area contributed by atoms with Crippen molar-refractivity contribution in [3.05, 3.63) is 54.1 Å². The zero-order valence-electron chi connectivity index (χ0n) is 16.3. The number of ether oxygens (including phenoxy) is 1. The number of amides is 3. The van der Waals surface area contributed by atoms with Gasteiger partial charge in [0.2, 0.25) is 5.91 Å². The van der Waals surface area contributed by atoms with Crippen LogP contribution in [-0.4, -0.2) is 43.2 Å². The lowest BCUT2D eigenvalue weighted by Crippen LogP contribution is -2.47. The molecule has 3 amide bonds. The molecule has 0 fully saturated rings. The highest BCUT2D eigenvalue weighted by Gasteiger charge is 2.57. The van der Waals surface area contributed by atoms with Gasteiger partial charge in [-0.05, 0) is 17.2 Å². The largest absolute Gasteiger partial charge is 0.455 e. The summed E-state index contributed by atoms with van der Waals surface area (Å²) in [5, 5.41) is 4.08. The number of alkyl carbamates (subject to hydrolysis) is 1. The van der Waals surface area contributed by atoms with Gasteiger partial charge in [0.1, 0.15) is 0 Å². The van der Waals surface area contributed by atoms with Gasteiger partial charge in [-0.2, -0.15) is 22.0 Å². The highest BCUT2D eigenvalue weighted by atomic mass is 19.4. The molecule has 1 heterocycles. The number of hydrogen-bond donors (Lipinski definition) is 3. The second kappa shape index (κ2) is 10.1. The van der Waals surface area contributed by atoms with Gasteiger partial charge in [-0.15, -0.1) is 0 Å². The van der Waals surface area contributed by atoms with Gasteiger partial charge in [0, 0.05) is 11.3 Å². The molecule has 0 aliphatic carbocycles. The summed E-state index contributed by atoms with van der Waals surface area (Å²) in [4.78, 5) is 32.2. The summed E-state index contributed by atoms with van der Waals surface area (Å²) in [6.45, 7) is -2.89. The van der Waals surface area contributed by atoms with E-state index in [0.717, 1.165) is 27.7 Å². The normalized spacial score (nSPS) is 12.7. The van der Waals surface area contributed by atoms with Crippen LogP contribution in [0.5, 0.6) is 0 Å². The number of anilines is 1. The molecule has 0 aromatic heterocycles. The Hall–Kier alpha value is -3.70. The van der Waals surface area contributed by atoms with Gasteiger partial charge in [-0.3, -0.25) is 9.59 Å². The third-order valence-corrected chi connectivity index (χ3v) is 4.07. The van der Waals surface area contributed by atoms with Crippen LogP contribution in [0.25, 0.3) is 11.1 Å². The zero-order valence-corrected chi connectivity index (χ0v) is 16.3. The van der Waals surface area contributed by atoms with Crippen LogP contribution in [0.3, 0.4) is 0 Å². The van der Waals surface area contributed by atoms with Crippen LogP contribution in [0, 0.1) is 0 Å². The number of fused-ring (bicyclic) bond motifs is 3. The fourth-order valence-electron chi connectivity index (χ4n) is 2.60. The lowest BCUT2D eigenvalue weighted by Gasteiger charge is -2.19. The molecule has 0 saturated heterocycles. The van der Waals surface area contributed by atoms with E-state index in [1.165, 1.54) is 0 Å². The van der Waals surface area contributed by atoms with Crippen molar-refractivity contribution in [2.24, 2.45) is 5.73 Å². The number of rotatable bonds is 4. The Kier molecular flexibility index (Phi) is 7.73. The van der Waals surface area contributed by atoms with Crippen molar-refractivity contribution >= 4 is 23.6 Å². The number of nitrogens with two attached hydrogens (primary N) is 1. The van der Waals surface area contributed by atoms with E-state index in [2.05, 4.69) is 21.9 Å². The van der Waals surface area contributed by atoms with Crippen molar-refractivity contribution in [1.82, 2.24) is 5.32 Å². The molecule has 0 radical (unpaired) electrons. The number of primary amides is 1. The number of alkyl halides is 5. The van der Waals surface area contributed by atoms with Gasteiger partial charge < -0.3 is 21.1 Å². The van der Waals surface area contributed by atoms with Crippen molar-refractivity contribution < 1.29 is 41.1 Å². The Morgan fingerprint density at radius 2 is 1.59 bits per heavy atom. The average Bonchev–Trinajstić information content (AvgIpc) is 2.85. The van der Waals surface area contributed by atoms with Crippen molar-refractivity contribution in [3.8, 4) is 11.1 Å². The number of halogens is 5. The van der Waals surface area contributed by atoms with E-state index in [1.54, 1.807) is 0 Å². The second-order valence-electron chi connectivity index (χ2n) is 6.53. The zero-order chi connectivity index (χ0) is 23.9. The first kappa shape index (κ1) is 24.6. The first-order valence-electron chi connectivity index (χ1n) is 9.01. The van der Waals surface area contributed by atoms with E-state index in [-0.39, 0.29) is 5.91 Å². The predicted octanol–water partition coefficient (Wildman–Crippen LogP) is 3.24. The first-order valence-corrected chi connectivity index (χ1v) is 9.01. The molecule has 12 heteroatoms. The quantitative estimate of drug-likeness (QED) is 0.610. The molecular formula is C20H18F5N3O4. The maximum absolute atomic E-state index is 12.2. The number of benzene rings is 2. The van der Waals surface area contributed by atoms with E-state index >= 15 is 0 Å². The van der Waals surface area contributed by atoms with Gasteiger partial charge in [-0.25, -0.2) is 4.79 Å². The summed E-state index contributed by atoms with van der Waals surface area (Å²) < 4.78 is 63.0. The highest BCUT2D eigenvalue weighted by molar-refractivity contribution is 6.00. The Morgan fingerprint density at radius 1 is 1.00 bits per heavy atom. The predicted molar refractivity (Wildman–Crippen MR) is 104 cm³/mol. The molecule has 0 unspecified atom stereocenters. The third-order valence-electron chi connectivity index (χ3n) is 4.07. The molecule has 0 atom stereocenters. The maximum Gasteiger partial charge on any atom is 0.455 e. The van der Waals surface area contributed by atoms with Crippen LogP contribution in [0.4, 0.5) is 32.4 Å². The van der Waals surface area contributed by atoms with Crippen LogP contribution < -0.4 is 16.4 Å². The minimum atomic E-state index is -5.77. The van der Waals surface area contributed by atoms with Crippen LogP contribution >= 0.6 is 0 Å². The lowest BCUT2D eigenvalue weighted by molar-refractivity contribution is -0.278. The van der Waals surface area contributed by atoms with Crippen molar-refractivity contribution in [2.45, 2.75) is 18.5 Å². The summed E-state index contributed by atoms with van der Waals surface area (Å²) in [5.74, 6) is -6.09. The summed E-state index contributed by atoms with van der Waals surface area (Å²) in [6, 6.07) is 16.0. The molecule has 2 aromatic carbocycles. The molecule has 3 rings (SSSR count). The molecule has 172 valence electrons. The van der Waals surface area contributed by atoms with Gasteiger partial charge in [0.15, 0.2) is 6.61 Å². The van der Waals surface area contributed by atoms with Crippen LogP contribution in [0.2, 0.25) is 0 Å². The molecule has 1 aliphatic rings. The van der Waals surface area contributed by atoms with Crippen molar-refractivity contribution in [3.63, 3.8) is 0 Å². The van der Waals surface area contributed by atoms with Gasteiger partial charge in [0.25, 0.3) is 5.91 Å². The molecule has 32 heavy (non-hydrogen) atoms. The number of carbonyl (C=O) groups excluding carboxylic acids is 3. The van der Waals surface area contributed by atoms with Crippen molar-refractivity contribution in [1.29, 1.82) is 0 Å². The van der Waals surface area contributed by atoms with E-state index in [0.29, 0.717) is 6.42 Å². The fourth-order valence-corrected chi connectivity index (χ4v) is 2.60. The average molecular weight is 459 g/mol. The SMILES string of the molecule is NC(=O)COC(=O)NCC(F)(F)C(F)(F)F.O=C1Cc2ccccc2-c2ccccc2N1. The summed E-state index contributed by atoms with van der Waals surface area (Å²) in [6.07, 6.45) is -6.92. The molecular weight excluding hydrogens is 441 g/mol. The molecule has 0 bridgehead atoms. The second-order valence-corrected chi connectivity index (χ2v) is 6.53. The standard InChI is InChI=1S/C14H11NO.C6H7F5N2O3/c16-14-9-10-5-1-2-6-11(10)12-7-3-4-8-13(12)15-14;7-5(8,6(9,10)11)2-13-4(15)16-1-3(12)14/h1-8H,9H2,(H,15,16);1-2H2,(H2,12,14)(H,13,15). The maximum atomic E-state index is 12.2. The first-order chi connectivity index (χ1) is 14.9. The van der Waals surface area contributed by atoms with Crippen molar-refractivity contribution in [2.75, 3.05) is 18.5 Å². The van der Waals surface area contributed by atoms with Crippen LogP contribution in [0.1, 0.15) is 5.56 Å². The van der Waals surface area contributed by atoms with E-state index in [9.17, 15) is 36.3 Å². The topological polar surface area (TPSA) is 111 Å². The van der Waals surface area contributed by atoms with E-state index < -0.39 is 37.3 Å². The number of para-hydroxylation sites is 1. The minimum absolute atomic E-state index is 0.0531.